The van der Waals surface area contributed by atoms with Gasteiger partial charge in [-0.1, -0.05) is 0 Å². The van der Waals surface area contributed by atoms with Crippen molar-refractivity contribution in [2.24, 2.45) is 0 Å². The lowest BCUT2D eigenvalue weighted by molar-refractivity contribution is -0.141. The van der Waals surface area contributed by atoms with Crippen molar-refractivity contribution in [2.75, 3.05) is 0 Å². The summed E-state index contributed by atoms with van der Waals surface area (Å²) >= 11 is 0. The Morgan fingerprint density at radius 1 is 0.944 bits per heavy atom. The highest BCUT2D eigenvalue weighted by Gasteiger charge is 2.32. The van der Waals surface area contributed by atoms with Crippen LogP contribution in [0, 0.1) is 0 Å². The van der Waals surface area contributed by atoms with Crippen molar-refractivity contribution in [3.05, 3.63) is 48.6 Å². The zero-order valence-corrected chi connectivity index (χ0v) is 8.87. The van der Waals surface area contributed by atoms with Crippen molar-refractivity contribution < 1.29 is 18.0 Å². The van der Waals surface area contributed by atoms with Crippen LogP contribution in [0.2, 0.25) is 0 Å². The topological polar surface area (TPSA) is 68.6 Å². The molecule has 2 rings (SSSR count). The number of rotatable bonds is 1. The van der Waals surface area contributed by atoms with Crippen LogP contribution in [0.3, 0.4) is 0 Å². The SMILES string of the molecule is FC(F)(F)c1cnccn1.O=Cc1cnccn1. The molecule has 8 heteroatoms. The predicted octanol–water partition coefficient (Wildman–Crippen LogP) is 1.78. The van der Waals surface area contributed by atoms with Gasteiger partial charge < -0.3 is 0 Å². The third-order valence-electron chi connectivity index (χ3n) is 1.56. The number of halogens is 3. The summed E-state index contributed by atoms with van der Waals surface area (Å²) in [4.78, 5) is 23.6. The minimum absolute atomic E-state index is 0.368. The predicted molar refractivity (Wildman–Crippen MR) is 54.5 cm³/mol. The molecule has 0 aliphatic rings. The van der Waals surface area contributed by atoms with Crippen molar-refractivity contribution >= 4 is 6.29 Å². The highest BCUT2D eigenvalue weighted by molar-refractivity contribution is 5.70. The van der Waals surface area contributed by atoms with Gasteiger partial charge in [0.05, 0.1) is 12.4 Å². The molecule has 0 saturated carbocycles. The van der Waals surface area contributed by atoms with E-state index in [1.165, 1.54) is 24.8 Å². The Kier molecular flexibility index (Phi) is 4.85. The lowest BCUT2D eigenvalue weighted by atomic mass is 10.4. The summed E-state index contributed by atoms with van der Waals surface area (Å²) in [5, 5.41) is 0. The summed E-state index contributed by atoms with van der Waals surface area (Å²) < 4.78 is 35.1. The van der Waals surface area contributed by atoms with E-state index >= 15 is 0 Å². The van der Waals surface area contributed by atoms with Gasteiger partial charge in [0.15, 0.2) is 12.0 Å². The Labute approximate surface area is 99.8 Å². The lowest BCUT2D eigenvalue weighted by Crippen LogP contribution is -2.07. The van der Waals surface area contributed by atoms with Crippen molar-refractivity contribution in [1.29, 1.82) is 0 Å². The van der Waals surface area contributed by atoms with E-state index in [9.17, 15) is 18.0 Å². The number of hydrogen-bond donors (Lipinski definition) is 0. The molecule has 2 aromatic heterocycles. The number of aromatic nitrogens is 4. The highest BCUT2D eigenvalue weighted by atomic mass is 19.4. The first-order valence-electron chi connectivity index (χ1n) is 4.58. The maximum absolute atomic E-state index is 11.7. The van der Waals surface area contributed by atoms with E-state index < -0.39 is 11.9 Å². The monoisotopic (exact) mass is 256 g/mol. The van der Waals surface area contributed by atoms with E-state index in [4.69, 9.17) is 0 Å². The first kappa shape index (κ1) is 13.7. The van der Waals surface area contributed by atoms with Gasteiger partial charge in [-0.25, -0.2) is 4.98 Å². The summed E-state index contributed by atoms with van der Waals surface area (Å²) in [5.41, 5.74) is -0.595. The van der Waals surface area contributed by atoms with Crippen LogP contribution in [0.1, 0.15) is 16.2 Å². The molecule has 0 amide bonds. The standard InChI is InChI=1S/C5H3F3N2.C5H4N2O/c6-5(7,8)4-3-9-1-2-10-4;8-4-5-3-6-1-2-7-5/h1-3H;1-4H. The van der Waals surface area contributed by atoms with Gasteiger partial charge in [-0.05, 0) is 0 Å². The molecule has 5 nitrogen and oxygen atoms in total. The first-order valence-corrected chi connectivity index (χ1v) is 4.58. The maximum Gasteiger partial charge on any atom is 0.434 e. The van der Waals surface area contributed by atoms with Crippen LogP contribution >= 0.6 is 0 Å². The molecule has 0 radical (unpaired) electrons. The average molecular weight is 256 g/mol. The van der Waals surface area contributed by atoms with E-state index in [2.05, 4.69) is 19.9 Å². The fourth-order valence-corrected chi connectivity index (χ4v) is 0.817. The third-order valence-corrected chi connectivity index (χ3v) is 1.56. The summed E-state index contributed by atoms with van der Waals surface area (Å²) in [6.45, 7) is 0. The summed E-state index contributed by atoms with van der Waals surface area (Å²) in [7, 11) is 0. The molecule has 0 atom stereocenters. The Morgan fingerprint density at radius 2 is 1.56 bits per heavy atom. The minimum Gasteiger partial charge on any atom is -0.296 e. The summed E-state index contributed by atoms with van der Waals surface area (Å²) in [6.07, 6.45) is 3.56. The van der Waals surface area contributed by atoms with Crippen molar-refractivity contribution in [3.8, 4) is 0 Å². The second-order valence-electron chi connectivity index (χ2n) is 2.84. The fraction of sp³-hybridized carbons (Fsp3) is 0.100. The fourth-order valence-electron chi connectivity index (χ4n) is 0.817. The van der Waals surface area contributed by atoms with Gasteiger partial charge in [0.25, 0.3) is 0 Å². The summed E-state index contributed by atoms with van der Waals surface area (Å²) in [5.74, 6) is 0. The van der Waals surface area contributed by atoms with Gasteiger partial charge in [-0.15, -0.1) is 0 Å². The normalized spacial score (nSPS) is 10.2. The van der Waals surface area contributed by atoms with Gasteiger partial charge in [0, 0.05) is 24.8 Å². The van der Waals surface area contributed by atoms with Crippen LogP contribution in [-0.2, 0) is 6.18 Å². The molecule has 0 aliphatic heterocycles. The van der Waals surface area contributed by atoms with E-state index in [0.717, 1.165) is 6.20 Å². The second kappa shape index (κ2) is 6.38. The molecular formula is C10H7F3N4O. The maximum atomic E-state index is 11.7. The van der Waals surface area contributed by atoms with Crippen LogP contribution in [0.4, 0.5) is 13.2 Å². The zero-order valence-electron chi connectivity index (χ0n) is 8.87. The number of alkyl halides is 3. The van der Waals surface area contributed by atoms with Crippen LogP contribution in [-0.4, -0.2) is 26.2 Å². The Hall–Kier alpha value is -2.38. The number of nitrogens with zero attached hydrogens (tertiary/aromatic N) is 4. The molecule has 0 aromatic carbocycles. The molecule has 94 valence electrons. The number of aldehydes is 1. The Bertz CT molecular complexity index is 475. The van der Waals surface area contributed by atoms with Crippen LogP contribution in [0.25, 0.3) is 0 Å². The molecule has 2 heterocycles. The van der Waals surface area contributed by atoms with Gasteiger partial charge in [0.1, 0.15) is 5.69 Å². The smallest absolute Gasteiger partial charge is 0.296 e. The number of hydrogen-bond acceptors (Lipinski definition) is 5. The molecule has 0 saturated heterocycles. The van der Waals surface area contributed by atoms with Gasteiger partial charge in [-0.3, -0.25) is 19.7 Å². The molecule has 0 aliphatic carbocycles. The number of carbonyl (C=O) groups is 1. The van der Waals surface area contributed by atoms with E-state index in [1.54, 1.807) is 0 Å². The van der Waals surface area contributed by atoms with E-state index in [1.807, 2.05) is 0 Å². The Morgan fingerprint density at radius 3 is 1.83 bits per heavy atom. The largest absolute Gasteiger partial charge is 0.434 e. The molecule has 2 aromatic rings. The van der Waals surface area contributed by atoms with Crippen molar-refractivity contribution in [2.45, 2.75) is 6.18 Å². The average Bonchev–Trinajstić information content (AvgIpc) is 2.40. The molecule has 0 unspecified atom stereocenters. The highest BCUT2D eigenvalue weighted by Crippen LogP contribution is 2.25. The molecule has 18 heavy (non-hydrogen) atoms. The van der Waals surface area contributed by atoms with Gasteiger partial charge in [-0.2, -0.15) is 13.2 Å². The quantitative estimate of drug-likeness (QED) is 0.727. The molecular weight excluding hydrogens is 249 g/mol. The van der Waals surface area contributed by atoms with E-state index in [0.29, 0.717) is 18.2 Å². The summed E-state index contributed by atoms with van der Waals surface area (Å²) in [6, 6.07) is 0. The second-order valence-corrected chi connectivity index (χ2v) is 2.84. The third kappa shape index (κ3) is 4.64. The van der Waals surface area contributed by atoms with Crippen LogP contribution in [0.5, 0.6) is 0 Å². The molecule has 0 spiro atoms. The van der Waals surface area contributed by atoms with E-state index in [-0.39, 0.29) is 0 Å². The van der Waals surface area contributed by atoms with Gasteiger partial charge >= 0.3 is 6.18 Å². The van der Waals surface area contributed by atoms with Gasteiger partial charge in [0.2, 0.25) is 0 Å². The number of carbonyl (C=O) groups excluding carboxylic acids is 1. The lowest BCUT2D eigenvalue weighted by Gasteiger charge is -2.01. The molecule has 0 N–H and O–H groups in total. The molecule has 0 fully saturated rings. The minimum atomic E-state index is -4.38. The first-order chi connectivity index (χ1) is 8.54. The van der Waals surface area contributed by atoms with Crippen LogP contribution in [0.15, 0.2) is 37.2 Å². The van der Waals surface area contributed by atoms with Crippen molar-refractivity contribution in [3.63, 3.8) is 0 Å². The molecule has 0 bridgehead atoms. The Balaban J connectivity index is 0.000000184. The van der Waals surface area contributed by atoms with Crippen LogP contribution < -0.4 is 0 Å². The zero-order chi connectivity index (χ0) is 13.4. The van der Waals surface area contributed by atoms with Crippen molar-refractivity contribution in [1.82, 2.24) is 19.9 Å².